The molecule has 0 atom stereocenters. The van der Waals surface area contributed by atoms with Gasteiger partial charge in [-0.05, 0) is 49.2 Å². The second-order valence-corrected chi connectivity index (χ2v) is 6.68. The van der Waals surface area contributed by atoms with Gasteiger partial charge in [0.1, 0.15) is 5.75 Å². The van der Waals surface area contributed by atoms with Crippen molar-refractivity contribution >= 4 is 23.4 Å². The SMILES string of the molecule is COc1ccccc1OCC(=O)NCCNC(=O)COc1cc(C)c(Cl)c(C)c1. The third-order valence-corrected chi connectivity index (χ3v) is 4.57. The van der Waals surface area contributed by atoms with E-state index in [4.69, 9.17) is 25.8 Å². The highest BCUT2D eigenvalue weighted by Crippen LogP contribution is 2.26. The smallest absolute Gasteiger partial charge is 0.258 e. The Morgan fingerprint density at radius 1 is 0.897 bits per heavy atom. The van der Waals surface area contributed by atoms with Crippen molar-refractivity contribution in [3.63, 3.8) is 0 Å². The minimum Gasteiger partial charge on any atom is -0.493 e. The van der Waals surface area contributed by atoms with Crippen LogP contribution in [0.5, 0.6) is 17.2 Å². The van der Waals surface area contributed by atoms with E-state index in [1.54, 1.807) is 30.3 Å². The third kappa shape index (κ3) is 7.19. The molecule has 2 rings (SSSR count). The maximum absolute atomic E-state index is 11.9. The predicted octanol–water partition coefficient (Wildman–Crippen LogP) is 2.66. The lowest BCUT2D eigenvalue weighted by Gasteiger charge is -2.11. The van der Waals surface area contributed by atoms with Gasteiger partial charge in [0.25, 0.3) is 11.8 Å². The van der Waals surface area contributed by atoms with Crippen molar-refractivity contribution in [3.05, 3.63) is 52.5 Å². The lowest BCUT2D eigenvalue weighted by atomic mass is 10.1. The Morgan fingerprint density at radius 2 is 1.41 bits per heavy atom. The van der Waals surface area contributed by atoms with Crippen LogP contribution >= 0.6 is 11.6 Å². The maximum Gasteiger partial charge on any atom is 0.258 e. The highest BCUT2D eigenvalue weighted by molar-refractivity contribution is 6.32. The molecule has 0 heterocycles. The molecule has 2 N–H and O–H groups in total. The normalized spacial score (nSPS) is 10.2. The number of nitrogens with one attached hydrogen (secondary N) is 2. The highest BCUT2D eigenvalue weighted by Gasteiger charge is 2.08. The van der Waals surface area contributed by atoms with Crippen molar-refractivity contribution in [2.45, 2.75) is 13.8 Å². The molecule has 0 spiro atoms. The fraction of sp³-hybridized carbons (Fsp3) is 0.333. The van der Waals surface area contributed by atoms with E-state index in [1.165, 1.54) is 7.11 Å². The summed E-state index contributed by atoms with van der Waals surface area (Å²) in [6.07, 6.45) is 0. The zero-order chi connectivity index (χ0) is 21.2. The molecule has 156 valence electrons. The van der Waals surface area contributed by atoms with Crippen LogP contribution in [-0.4, -0.2) is 45.2 Å². The van der Waals surface area contributed by atoms with Gasteiger partial charge in [-0.25, -0.2) is 0 Å². The van der Waals surface area contributed by atoms with Crippen LogP contribution < -0.4 is 24.8 Å². The standard InChI is InChI=1S/C21H25ClN2O5/c1-14-10-16(11-15(2)21(14)22)28-12-19(25)23-8-9-24-20(26)13-29-18-7-5-4-6-17(18)27-3/h4-7,10-11H,8-9,12-13H2,1-3H3,(H,23,25)(H,24,26). The Morgan fingerprint density at radius 3 is 1.97 bits per heavy atom. The molecule has 0 saturated carbocycles. The number of rotatable bonds is 10. The van der Waals surface area contributed by atoms with Gasteiger partial charge in [0.05, 0.1) is 7.11 Å². The zero-order valence-electron chi connectivity index (χ0n) is 16.7. The van der Waals surface area contributed by atoms with Crippen molar-refractivity contribution in [3.8, 4) is 17.2 Å². The van der Waals surface area contributed by atoms with Crippen molar-refractivity contribution < 1.29 is 23.8 Å². The highest BCUT2D eigenvalue weighted by atomic mass is 35.5. The minimum absolute atomic E-state index is 0.120. The number of aryl methyl sites for hydroxylation is 2. The first-order valence-electron chi connectivity index (χ1n) is 9.09. The minimum atomic E-state index is -0.298. The van der Waals surface area contributed by atoms with Crippen molar-refractivity contribution in [1.29, 1.82) is 0 Å². The van der Waals surface area contributed by atoms with Crippen LogP contribution in [0.1, 0.15) is 11.1 Å². The summed E-state index contributed by atoms with van der Waals surface area (Å²) in [6.45, 7) is 4.05. The van der Waals surface area contributed by atoms with Gasteiger partial charge in [0, 0.05) is 18.1 Å². The summed E-state index contributed by atoms with van der Waals surface area (Å²) >= 11 is 6.11. The monoisotopic (exact) mass is 420 g/mol. The largest absolute Gasteiger partial charge is 0.493 e. The Kier molecular flexibility index (Phi) is 8.61. The van der Waals surface area contributed by atoms with Gasteiger partial charge < -0.3 is 24.8 Å². The first-order chi connectivity index (χ1) is 13.9. The van der Waals surface area contributed by atoms with Crippen LogP contribution in [0, 0.1) is 13.8 Å². The van der Waals surface area contributed by atoms with Crippen LogP contribution in [0.3, 0.4) is 0 Å². The van der Waals surface area contributed by atoms with Crippen LogP contribution in [0.25, 0.3) is 0 Å². The number of methoxy groups -OCH3 is 1. The van der Waals surface area contributed by atoms with E-state index in [0.29, 0.717) is 22.3 Å². The average Bonchev–Trinajstić information content (AvgIpc) is 2.72. The number of carbonyl (C=O) groups is 2. The summed E-state index contributed by atoms with van der Waals surface area (Å²) in [7, 11) is 1.53. The van der Waals surface area contributed by atoms with Gasteiger partial charge in [-0.15, -0.1) is 0 Å². The van der Waals surface area contributed by atoms with Gasteiger partial charge in [-0.1, -0.05) is 23.7 Å². The van der Waals surface area contributed by atoms with Gasteiger partial charge >= 0.3 is 0 Å². The molecular weight excluding hydrogens is 396 g/mol. The Bertz CT molecular complexity index is 834. The van der Waals surface area contributed by atoms with Crippen LogP contribution in [0.15, 0.2) is 36.4 Å². The fourth-order valence-electron chi connectivity index (χ4n) is 2.53. The average molecular weight is 421 g/mol. The number of halogens is 1. The number of benzene rings is 2. The Balaban J connectivity index is 1.63. The van der Waals surface area contributed by atoms with E-state index in [-0.39, 0.29) is 38.1 Å². The third-order valence-electron chi connectivity index (χ3n) is 3.98. The van der Waals surface area contributed by atoms with Crippen LogP contribution in [-0.2, 0) is 9.59 Å². The lowest BCUT2D eigenvalue weighted by molar-refractivity contribution is -0.124. The van der Waals surface area contributed by atoms with E-state index in [1.807, 2.05) is 19.9 Å². The second kappa shape index (κ2) is 11.2. The summed E-state index contributed by atoms with van der Waals surface area (Å²) in [5.74, 6) is 1.05. The second-order valence-electron chi connectivity index (χ2n) is 6.30. The number of para-hydroxylation sites is 2. The van der Waals surface area contributed by atoms with Crippen LogP contribution in [0.2, 0.25) is 5.02 Å². The van der Waals surface area contributed by atoms with Crippen molar-refractivity contribution in [2.24, 2.45) is 0 Å². The van der Waals surface area contributed by atoms with Gasteiger partial charge in [-0.2, -0.15) is 0 Å². The fourth-order valence-corrected chi connectivity index (χ4v) is 2.63. The van der Waals surface area contributed by atoms with E-state index in [9.17, 15) is 9.59 Å². The molecule has 0 bridgehead atoms. The number of carbonyl (C=O) groups excluding carboxylic acids is 2. The summed E-state index contributed by atoms with van der Waals surface area (Å²) in [6, 6.07) is 10.6. The summed E-state index contributed by atoms with van der Waals surface area (Å²) < 4.78 is 16.1. The maximum atomic E-state index is 11.9. The zero-order valence-corrected chi connectivity index (χ0v) is 17.5. The first-order valence-corrected chi connectivity index (χ1v) is 9.47. The number of amides is 2. The van der Waals surface area contributed by atoms with Gasteiger partial charge in [-0.3, -0.25) is 9.59 Å². The molecule has 0 radical (unpaired) electrons. The molecule has 0 aliphatic rings. The molecule has 0 aromatic heterocycles. The summed E-state index contributed by atoms with van der Waals surface area (Å²) in [5, 5.41) is 6.03. The molecule has 0 unspecified atom stereocenters. The lowest BCUT2D eigenvalue weighted by Crippen LogP contribution is -2.38. The molecule has 0 aliphatic carbocycles. The van der Waals surface area contributed by atoms with E-state index in [0.717, 1.165) is 11.1 Å². The molecule has 29 heavy (non-hydrogen) atoms. The molecular formula is C21H25ClN2O5. The summed E-state index contributed by atoms with van der Waals surface area (Å²) in [4.78, 5) is 23.7. The molecule has 0 aliphatic heterocycles. The van der Waals surface area contributed by atoms with E-state index < -0.39 is 0 Å². The van der Waals surface area contributed by atoms with Gasteiger partial charge in [0.2, 0.25) is 0 Å². The van der Waals surface area contributed by atoms with E-state index in [2.05, 4.69) is 10.6 Å². The Hall–Kier alpha value is -2.93. The van der Waals surface area contributed by atoms with E-state index >= 15 is 0 Å². The predicted molar refractivity (Wildman–Crippen MR) is 111 cm³/mol. The molecule has 2 amide bonds. The topological polar surface area (TPSA) is 85.9 Å². The summed E-state index contributed by atoms with van der Waals surface area (Å²) in [5.41, 5.74) is 1.78. The number of hydrogen-bond donors (Lipinski definition) is 2. The van der Waals surface area contributed by atoms with Gasteiger partial charge in [0.15, 0.2) is 24.7 Å². The molecule has 0 fully saturated rings. The first kappa shape index (κ1) is 22.4. The number of ether oxygens (including phenoxy) is 3. The Labute approximate surface area is 175 Å². The molecule has 2 aromatic carbocycles. The molecule has 7 nitrogen and oxygen atoms in total. The van der Waals surface area contributed by atoms with Crippen molar-refractivity contribution in [1.82, 2.24) is 10.6 Å². The molecule has 8 heteroatoms. The van der Waals surface area contributed by atoms with Crippen LogP contribution in [0.4, 0.5) is 0 Å². The quantitative estimate of drug-likeness (QED) is 0.577. The van der Waals surface area contributed by atoms with Crippen molar-refractivity contribution in [2.75, 3.05) is 33.4 Å². The molecule has 0 saturated heterocycles. The molecule has 2 aromatic rings. The number of hydrogen-bond acceptors (Lipinski definition) is 5.